The number of aromatic nitrogens is 1. The second-order valence-electron chi connectivity index (χ2n) is 4.39. The average Bonchev–Trinajstić information content (AvgIpc) is 2.83. The van der Waals surface area contributed by atoms with Crippen LogP contribution in [0.2, 0.25) is 0 Å². The second-order valence-corrected chi connectivity index (χ2v) is 4.39. The standard InChI is InChI=1S/C15H14N2O2/c16-14-3-1-2-10-8-11(17-15(10)14)9-19-13-6-4-12(18)5-7-13/h1-8,17-18H,9,16H2. The van der Waals surface area contributed by atoms with Crippen molar-refractivity contribution in [2.45, 2.75) is 6.61 Å². The lowest BCUT2D eigenvalue weighted by molar-refractivity contribution is 0.302. The summed E-state index contributed by atoms with van der Waals surface area (Å²) in [6, 6.07) is 14.5. The fraction of sp³-hybridized carbons (Fsp3) is 0.0667. The summed E-state index contributed by atoms with van der Waals surface area (Å²) >= 11 is 0. The largest absolute Gasteiger partial charge is 0.508 e. The van der Waals surface area contributed by atoms with Gasteiger partial charge in [0.25, 0.3) is 0 Å². The fourth-order valence-electron chi connectivity index (χ4n) is 2.02. The predicted octanol–water partition coefficient (Wildman–Crippen LogP) is 3.03. The number of aromatic hydroxyl groups is 1. The normalized spacial score (nSPS) is 10.7. The van der Waals surface area contributed by atoms with Crippen molar-refractivity contribution in [1.82, 2.24) is 4.98 Å². The van der Waals surface area contributed by atoms with Crippen LogP contribution in [0.15, 0.2) is 48.5 Å². The van der Waals surface area contributed by atoms with Crippen LogP contribution in [0.4, 0.5) is 5.69 Å². The van der Waals surface area contributed by atoms with Gasteiger partial charge in [0.2, 0.25) is 0 Å². The van der Waals surface area contributed by atoms with E-state index >= 15 is 0 Å². The number of hydrogen-bond donors (Lipinski definition) is 3. The quantitative estimate of drug-likeness (QED) is 0.629. The van der Waals surface area contributed by atoms with Crippen molar-refractivity contribution < 1.29 is 9.84 Å². The van der Waals surface area contributed by atoms with Crippen LogP contribution in [0.1, 0.15) is 5.69 Å². The number of phenols is 1. The molecule has 19 heavy (non-hydrogen) atoms. The van der Waals surface area contributed by atoms with Gasteiger partial charge in [0, 0.05) is 5.39 Å². The Morgan fingerprint density at radius 3 is 2.63 bits per heavy atom. The highest BCUT2D eigenvalue weighted by atomic mass is 16.5. The van der Waals surface area contributed by atoms with Gasteiger partial charge < -0.3 is 20.6 Å². The SMILES string of the molecule is Nc1cccc2cc(COc3ccc(O)cc3)[nH]c12. The maximum atomic E-state index is 9.19. The number of nitrogens with two attached hydrogens (primary N) is 1. The first-order valence-corrected chi connectivity index (χ1v) is 6.00. The molecular weight excluding hydrogens is 240 g/mol. The van der Waals surface area contributed by atoms with Gasteiger partial charge in [-0.3, -0.25) is 0 Å². The van der Waals surface area contributed by atoms with Gasteiger partial charge in [-0.15, -0.1) is 0 Å². The van der Waals surface area contributed by atoms with Crippen molar-refractivity contribution >= 4 is 16.6 Å². The van der Waals surface area contributed by atoms with E-state index in [1.807, 2.05) is 24.3 Å². The summed E-state index contributed by atoms with van der Waals surface area (Å²) in [5, 5.41) is 10.3. The Labute approximate surface area is 110 Å². The molecule has 4 nitrogen and oxygen atoms in total. The first-order chi connectivity index (χ1) is 9.22. The van der Waals surface area contributed by atoms with Crippen molar-refractivity contribution in [1.29, 1.82) is 0 Å². The molecule has 96 valence electrons. The number of nitrogens with one attached hydrogen (secondary N) is 1. The van der Waals surface area contributed by atoms with Crippen LogP contribution >= 0.6 is 0 Å². The molecule has 1 aromatic heterocycles. The number of para-hydroxylation sites is 1. The van der Waals surface area contributed by atoms with Crippen LogP contribution in [0.25, 0.3) is 10.9 Å². The smallest absolute Gasteiger partial charge is 0.128 e. The molecule has 0 atom stereocenters. The lowest BCUT2D eigenvalue weighted by Gasteiger charge is -2.04. The lowest BCUT2D eigenvalue weighted by Crippen LogP contribution is -1.95. The minimum absolute atomic E-state index is 0.228. The van der Waals surface area contributed by atoms with E-state index in [2.05, 4.69) is 4.98 Å². The highest BCUT2D eigenvalue weighted by Gasteiger charge is 2.04. The molecule has 0 saturated carbocycles. The van der Waals surface area contributed by atoms with Crippen LogP contribution in [0.5, 0.6) is 11.5 Å². The number of benzene rings is 2. The number of hydrogen-bond acceptors (Lipinski definition) is 3. The number of H-pyrrole nitrogens is 1. The molecule has 0 saturated heterocycles. The van der Waals surface area contributed by atoms with E-state index in [-0.39, 0.29) is 5.75 Å². The van der Waals surface area contributed by atoms with Gasteiger partial charge in [-0.2, -0.15) is 0 Å². The summed E-state index contributed by atoms with van der Waals surface area (Å²) in [5.41, 5.74) is 8.52. The van der Waals surface area contributed by atoms with E-state index in [9.17, 15) is 5.11 Å². The van der Waals surface area contributed by atoms with Crippen LogP contribution in [-0.2, 0) is 6.61 Å². The molecule has 0 fully saturated rings. The molecule has 2 aromatic carbocycles. The third kappa shape index (κ3) is 2.33. The van der Waals surface area contributed by atoms with E-state index in [1.54, 1.807) is 24.3 Å². The number of anilines is 1. The van der Waals surface area contributed by atoms with Crippen LogP contribution in [0, 0.1) is 0 Å². The van der Waals surface area contributed by atoms with Gasteiger partial charge in [-0.1, -0.05) is 12.1 Å². The second kappa shape index (κ2) is 4.57. The highest BCUT2D eigenvalue weighted by molar-refractivity contribution is 5.90. The number of ether oxygens (including phenoxy) is 1. The summed E-state index contributed by atoms with van der Waals surface area (Å²) in [6.07, 6.45) is 0. The van der Waals surface area contributed by atoms with Crippen molar-refractivity contribution in [3.63, 3.8) is 0 Å². The average molecular weight is 254 g/mol. The Morgan fingerprint density at radius 2 is 1.89 bits per heavy atom. The third-order valence-corrected chi connectivity index (χ3v) is 2.98. The molecule has 1 heterocycles. The molecule has 0 aliphatic heterocycles. The highest BCUT2D eigenvalue weighted by Crippen LogP contribution is 2.22. The molecule has 0 spiro atoms. The molecular formula is C15H14N2O2. The van der Waals surface area contributed by atoms with Crippen molar-refractivity contribution in [3.05, 3.63) is 54.2 Å². The molecule has 3 aromatic rings. The van der Waals surface area contributed by atoms with E-state index in [0.717, 1.165) is 22.3 Å². The Hall–Kier alpha value is -2.62. The Kier molecular flexibility index (Phi) is 2.76. The Morgan fingerprint density at radius 1 is 1.11 bits per heavy atom. The molecule has 0 amide bonds. The van der Waals surface area contributed by atoms with Crippen LogP contribution in [-0.4, -0.2) is 10.1 Å². The maximum Gasteiger partial charge on any atom is 0.128 e. The summed E-state index contributed by atoms with van der Waals surface area (Å²) in [6.45, 7) is 0.429. The van der Waals surface area contributed by atoms with Crippen LogP contribution in [0.3, 0.4) is 0 Å². The fourth-order valence-corrected chi connectivity index (χ4v) is 2.02. The van der Waals surface area contributed by atoms with Gasteiger partial charge in [0.1, 0.15) is 18.1 Å². The Bertz CT molecular complexity index is 702. The summed E-state index contributed by atoms with van der Waals surface area (Å²) < 4.78 is 5.63. The molecule has 4 heteroatoms. The molecule has 0 aliphatic carbocycles. The monoisotopic (exact) mass is 254 g/mol. The summed E-state index contributed by atoms with van der Waals surface area (Å²) in [7, 11) is 0. The van der Waals surface area contributed by atoms with Gasteiger partial charge in [-0.25, -0.2) is 0 Å². The zero-order valence-corrected chi connectivity index (χ0v) is 10.3. The van der Waals surface area contributed by atoms with Gasteiger partial charge >= 0.3 is 0 Å². The maximum absolute atomic E-state index is 9.19. The summed E-state index contributed by atoms with van der Waals surface area (Å²) in [4.78, 5) is 3.25. The summed E-state index contributed by atoms with van der Waals surface area (Å²) in [5.74, 6) is 0.940. The number of rotatable bonds is 3. The molecule has 0 radical (unpaired) electrons. The minimum Gasteiger partial charge on any atom is -0.508 e. The topological polar surface area (TPSA) is 71.3 Å². The number of fused-ring (bicyclic) bond motifs is 1. The first-order valence-electron chi connectivity index (χ1n) is 6.00. The molecule has 0 bridgehead atoms. The molecule has 3 rings (SSSR count). The van der Waals surface area contributed by atoms with Gasteiger partial charge in [-0.05, 0) is 36.4 Å². The van der Waals surface area contributed by atoms with Crippen molar-refractivity contribution in [2.24, 2.45) is 0 Å². The van der Waals surface area contributed by atoms with E-state index in [1.165, 1.54) is 0 Å². The molecule has 4 N–H and O–H groups in total. The number of phenolic OH excluding ortho intramolecular Hbond substituents is 1. The van der Waals surface area contributed by atoms with Crippen molar-refractivity contribution in [3.8, 4) is 11.5 Å². The molecule has 0 unspecified atom stereocenters. The zero-order chi connectivity index (χ0) is 13.2. The van der Waals surface area contributed by atoms with E-state index in [0.29, 0.717) is 12.4 Å². The third-order valence-electron chi connectivity index (χ3n) is 2.98. The zero-order valence-electron chi connectivity index (χ0n) is 10.3. The Balaban J connectivity index is 1.78. The van der Waals surface area contributed by atoms with Crippen molar-refractivity contribution in [2.75, 3.05) is 5.73 Å². The lowest BCUT2D eigenvalue weighted by atomic mass is 10.2. The first kappa shape index (κ1) is 11.5. The number of nitrogen functional groups attached to an aromatic ring is 1. The molecule has 0 aliphatic rings. The van der Waals surface area contributed by atoms with E-state index in [4.69, 9.17) is 10.5 Å². The van der Waals surface area contributed by atoms with Crippen LogP contribution < -0.4 is 10.5 Å². The predicted molar refractivity (Wildman–Crippen MR) is 75.1 cm³/mol. The van der Waals surface area contributed by atoms with E-state index < -0.39 is 0 Å². The van der Waals surface area contributed by atoms with Gasteiger partial charge in [0.15, 0.2) is 0 Å². The minimum atomic E-state index is 0.228. The van der Waals surface area contributed by atoms with Gasteiger partial charge in [0.05, 0.1) is 16.9 Å². The number of aromatic amines is 1.